The fourth-order valence-corrected chi connectivity index (χ4v) is 1.81. The lowest BCUT2D eigenvalue weighted by Gasteiger charge is -2.25. The van der Waals surface area contributed by atoms with Gasteiger partial charge in [0.2, 0.25) is 5.91 Å². The molecule has 0 spiro atoms. The average Bonchev–Trinajstić information content (AvgIpc) is 2.60. The maximum Gasteiger partial charge on any atom is 0.235 e. The number of ether oxygens (including phenoxy) is 1. The number of carbonyl (C=O) groups excluding carboxylic acids is 1. The predicted molar refractivity (Wildman–Crippen MR) is 64.8 cm³/mol. The molecule has 1 aromatic rings. The molecule has 1 fully saturated rings. The fraction of sp³-hybridized carbons (Fsp3) is 0.455. The second-order valence-electron chi connectivity index (χ2n) is 4.35. The Bertz CT molecular complexity index is 440. The summed E-state index contributed by atoms with van der Waals surface area (Å²) in [7, 11) is 0. The standard InChI is InChI=1S/C11H14ClN3O2/c1-11(6-17-5-8(11)13)10(16)15-9-4-7(12)2-3-14-9/h2-4,8H,5-6,13H2,1H3,(H,14,15,16). The van der Waals surface area contributed by atoms with Crippen molar-refractivity contribution < 1.29 is 9.53 Å². The Labute approximate surface area is 104 Å². The number of hydrogen-bond acceptors (Lipinski definition) is 4. The number of anilines is 1. The first-order chi connectivity index (χ1) is 8.02. The van der Waals surface area contributed by atoms with Crippen LogP contribution in [0.1, 0.15) is 6.92 Å². The van der Waals surface area contributed by atoms with Gasteiger partial charge >= 0.3 is 0 Å². The van der Waals surface area contributed by atoms with Gasteiger partial charge in [-0.2, -0.15) is 0 Å². The van der Waals surface area contributed by atoms with Crippen molar-refractivity contribution in [2.24, 2.45) is 11.1 Å². The summed E-state index contributed by atoms with van der Waals surface area (Å²) in [5.74, 6) is 0.222. The minimum atomic E-state index is -0.718. The van der Waals surface area contributed by atoms with Crippen molar-refractivity contribution >= 4 is 23.3 Å². The number of nitrogens with zero attached hydrogens (tertiary/aromatic N) is 1. The smallest absolute Gasteiger partial charge is 0.235 e. The summed E-state index contributed by atoms with van der Waals surface area (Å²) in [6.45, 7) is 2.50. The summed E-state index contributed by atoms with van der Waals surface area (Å²) in [6, 6.07) is 2.93. The predicted octanol–water partition coefficient (Wildman–Crippen LogP) is 1.04. The van der Waals surface area contributed by atoms with Gasteiger partial charge in [-0.15, -0.1) is 0 Å². The van der Waals surface area contributed by atoms with Crippen LogP contribution in [0.15, 0.2) is 18.3 Å². The lowest BCUT2D eigenvalue weighted by Crippen LogP contribution is -2.47. The minimum Gasteiger partial charge on any atom is -0.379 e. The number of aromatic nitrogens is 1. The molecule has 0 aromatic carbocycles. The number of pyridine rings is 1. The van der Waals surface area contributed by atoms with Gasteiger partial charge in [0.25, 0.3) is 0 Å². The largest absolute Gasteiger partial charge is 0.379 e. The number of nitrogens with two attached hydrogens (primary N) is 1. The van der Waals surface area contributed by atoms with Crippen LogP contribution in [0.3, 0.4) is 0 Å². The van der Waals surface area contributed by atoms with Crippen LogP contribution in [0.25, 0.3) is 0 Å². The first-order valence-corrected chi connectivity index (χ1v) is 5.66. The number of amides is 1. The molecule has 1 saturated heterocycles. The van der Waals surface area contributed by atoms with E-state index in [0.717, 1.165) is 0 Å². The maximum absolute atomic E-state index is 12.1. The molecule has 0 saturated carbocycles. The maximum atomic E-state index is 12.1. The van der Waals surface area contributed by atoms with Crippen molar-refractivity contribution in [2.45, 2.75) is 13.0 Å². The van der Waals surface area contributed by atoms with Gasteiger partial charge in [-0.25, -0.2) is 4.98 Å². The molecule has 92 valence electrons. The topological polar surface area (TPSA) is 77.2 Å². The van der Waals surface area contributed by atoms with Crippen LogP contribution in [0.5, 0.6) is 0 Å². The van der Waals surface area contributed by atoms with E-state index >= 15 is 0 Å². The van der Waals surface area contributed by atoms with Crippen molar-refractivity contribution in [1.82, 2.24) is 4.98 Å². The Morgan fingerprint density at radius 2 is 2.53 bits per heavy atom. The normalized spacial score (nSPS) is 28.1. The molecule has 0 bridgehead atoms. The van der Waals surface area contributed by atoms with Crippen LogP contribution in [0, 0.1) is 5.41 Å². The highest BCUT2D eigenvalue weighted by atomic mass is 35.5. The number of nitrogens with one attached hydrogen (secondary N) is 1. The molecule has 2 heterocycles. The number of carbonyl (C=O) groups is 1. The van der Waals surface area contributed by atoms with Crippen molar-refractivity contribution in [3.63, 3.8) is 0 Å². The highest BCUT2D eigenvalue weighted by Crippen LogP contribution is 2.28. The van der Waals surface area contributed by atoms with Crippen LogP contribution in [-0.4, -0.2) is 30.1 Å². The zero-order chi connectivity index (χ0) is 12.5. The summed E-state index contributed by atoms with van der Waals surface area (Å²) in [5.41, 5.74) is 5.15. The first-order valence-electron chi connectivity index (χ1n) is 5.29. The molecule has 0 radical (unpaired) electrons. The van der Waals surface area contributed by atoms with E-state index in [1.54, 1.807) is 19.1 Å². The highest BCUT2D eigenvalue weighted by Gasteiger charge is 2.44. The first kappa shape index (κ1) is 12.3. The van der Waals surface area contributed by atoms with Crippen LogP contribution in [-0.2, 0) is 9.53 Å². The zero-order valence-electron chi connectivity index (χ0n) is 9.44. The lowest BCUT2D eigenvalue weighted by atomic mass is 9.85. The van der Waals surface area contributed by atoms with E-state index in [0.29, 0.717) is 24.1 Å². The second-order valence-corrected chi connectivity index (χ2v) is 4.79. The molecule has 1 aliphatic heterocycles. The summed E-state index contributed by atoms with van der Waals surface area (Å²) < 4.78 is 5.22. The molecule has 1 amide bonds. The van der Waals surface area contributed by atoms with Gasteiger partial charge in [-0.3, -0.25) is 4.79 Å². The Hall–Kier alpha value is -1.17. The van der Waals surface area contributed by atoms with Gasteiger partial charge < -0.3 is 15.8 Å². The van der Waals surface area contributed by atoms with Gasteiger partial charge in [-0.1, -0.05) is 11.6 Å². The van der Waals surface area contributed by atoms with Crippen LogP contribution in [0.2, 0.25) is 5.02 Å². The molecule has 1 aromatic heterocycles. The minimum absolute atomic E-state index is 0.197. The van der Waals surface area contributed by atoms with Gasteiger partial charge in [0.1, 0.15) is 5.82 Å². The molecule has 1 aliphatic rings. The molecule has 2 rings (SSSR count). The van der Waals surface area contributed by atoms with Gasteiger partial charge in [-0.05, 0) is 19.1 Å². The average molecular weight is 256 g/mol. The molecule has 5 nitrogen and oxygen atoms in total. The molecule has 6 heteroatoms. The summed E-state index contributed by atoms with van der Waals surface area (Å²) in [6.07, 6.45) is 1.53. The Kier molecular flexibility index (Phi) is 3.33. The lowest BCUT2D eigenvalue weighted by molar-refractivity contribution is -0.125. The van der Waals surface area contributed by atoms with E-state index in [1.807, 2.05) is 0 Å². The van der Waals surface area contributed by atoms with Crippen LogP contribution >= 0.6 is 11.6 Å². The monoisotopic (exact) mass is 255 g/mol. The Morgan fingerprint density at radius 3 is 3.12 bits per heavy atom. The highest BCUT2D eigenvalue weighted by molar-refractivity contribution is 6.30. The summed E-state index contributed by atoms with van der Waals surface area (Å²) in [4.78, 5) is 16.1. The quantitative estimate of drug-likeness (QED) is 0.828. The number of hydrogen-bond donors (Lipinski definition) is 2. The van der Waals surface area contributed by atoms with E-state index in [1.165, 1.54) is 6.20 Å². The Morgan fingerprint density at radius 1 is 1.76 bits per heavy atom. The SMILES string of the molecule is CC1(C(=O)Nc2cc(Cl)ccn2)COCC1N. The summed E-state index contributed by atoms with van der Waals surface area (Å²) >= 11 is 5.81. The zero-order valence-corrected chi connectivity index (χ0v) is 10.2. The van der Waals surface area contributed by atoms with Crippen molar-refractivity contribution in [3.8, 4) is 0 Å². The third-order valence-corrected chi connectivity index (χ3v) is 3.24. The van der Waals surface area contributed by atoms with Gasteiger partial charge in [0.15, 0.2) is 0 Å². The fourth-order valence-electron chi connectivity index (χ4n) is 1.66. The van der Waals surface area contributed by atoms with E-state index in [9.17, 15) is 4.79 Å². The molecule has 17 heavy (non-hydrogen) atoms. The molecule has 2 unspecified atom stereocenters. The molecule has 3 N–H and O–H groups in total. The molecule has 2 atom stereocenters. The van der Waals surface area contributed by atoms with E-state index in [-0.39, 0.29) is 11.9 Å². The number of rotatable bonds is 2. The Balaban J connectivity index is 2.12. The van der Waals surface area contributed by atoms with Crippen LogP contribution in [0.4, 0.5) is 5.82 Å². The van der Waals surface area contributed by atoms with Gasteiger partial charge in [0, 0.05) is 17.3 Å². The van der Waals surface area contributed by atoms with Crippen LogP contribution < -0.4 is 11.1 Å². The van der Waals surface area contributed by atoms with Crippen molar-refractivity contribution in [3.05, 3.63) is 23.4 Å². The van der Waals surface area contributed by atoms with E-state index < -0.39 is 5.41 Å². The third kappa shape index (κ3) is 2.41. The van der Waals surface area contributed by atoms with E-state index in [4.69, 9.17) is 22.1 Å². The second kappa shape index (κ2) is 4.60. The van der Waals surface area contributed by atoms with Crippen molar-refractivity contribution in [2.75, 3.05) is 18.5 Å². The van der Waals surface area contributed by atoms with E-state index in [2.05, 4.69) is 10.3 Å². The van der Waals surface area contributed by atoms with Gasteiger partial charge in [0.05, 0.1) is 18.6 Å². The molecule has 0 aliphatic carbocycles. The molecular weight excluding hydrogens is 242 g/mol. The summed E-state index contributed by atoms with van der Waals surface area (Å²) in [5, 5.41) is 3.22. The molecular formula is C11H14ClN3O2. The van der Waals surface area contributed by atoms with Crippen molar-refractivity contribution in [1.29, 1.82) is 0 Å². The number of halogens is 1. The third-order valence-electron chi connectivity index (χ3n) is 3.00.